The summed E-state index contributed by atoms with van der Waals surface area (Å²) in [4.78, 5) is 22.7. The largest absolute Gasteiger partial charge is 0.486 e. The molecule has 0 saturated carbocycles. The number of aliphatic carboxylic acids is 1. The van der Waals surface area contributed by atoms with Gasteiger partial charge < -0.3 is 14.6 Å². The summed E-state index contributed by atoms with van der Waals surface area (Å²) in [6.07, 6.45) is 1.76. The highest BCUT2D eigenvalue weighted by Gasteiger charge is 2.25. The Bertz CT molecular complexity index is 483. The van der Waals surface area contributed by atoms with Gasteiger partial charge in [0.2, 0.25) is 0 Å². The van der Waals surface area contributed by atoms with Crippen LogP contribution in [0.5, 0.6) is 11.5 Å². The summed E-state index contributed by atoms with van der Waals surface area (Å²) in [6, 6.07) is 3.01. The summed E-state index contributed by atoms with van der Waals surface area (Å²) in [5.41, 5.74) is 0.134. The first kappa shape index (κ1) is 11.8. The maximum atomic E-state index is 11.5. The van der Waals surface area contributed by atoms with Crippen molar-refractivity contribution < 1.29 is 24.2 Å². The van der Waals surface area contributed by atoms with Crippen molar-refractivity contribution in [1.82, 2.24) is 0 Å². The molecule has 1 N–H and O–H groups in total. The van der Waals surface area contributed by atoms with E-state index in [1.54, 1.807) is 12.3 Å². The van der Waals surface area contributed by atoms with Gasteiger partial charge in [-0.25, -0.2) is 4.79 Å². The Morgan fingerprint density at radius 2 is 2.00 bits per heavy atom. The number of carboxylic acids is 1. The summed E-state index contributed by atoms with van der Waals surface area (Å²) in [6.45, 7) is 0.846. The highest BCUT2D eigenvalue weighted by Crippen LogP contribution is 2.41. The Morgan fingerprint density at radius 1 is 1.29 bits per heavy atom. The van der Waals surface area contributed by atoms with Crippen LogP contribution in [0.2, 0.25) is 0 Å². The number of fused-ring (bicyclic) bond motifs is 1. The molecule has 0 atom stereocenters. The van der Waals surface area contributed by atoms with Gasteiger partial charge in [-0.1, -0.05) is 0 Å². The number of carbonyl (C=O) groups is 2. The van der Waals surface area contributed by atoms with Gasteiger partial charge in [0.05, 0.1) is 4.90 Å². The van der Waals surface area contributed by atoms with E-state index in [0.717, 1.165) is 0 Å². The minimum Gasteiger partial charge on any atom is -0.486 e. The van der Waals surface area contributed by atoms with Gasteiger partial charge in [-0.2, -0.15) is 0 Å². The van der Waals surface area contributed by atoms with E-state index in [4.69, 9.17) is 14.6 Å². The third-order valence-corrected chi connectivity index (χ3v) is 3.12. The second kappa shape index (κ2) is 4.67. The monoisotopic (exact) mass is 254 g/mol. The number of ketones is 1. The highest BCUT2D eigenvalue weighted by molar-refractivity contribution is 7.98. The molecule has 0 radical (unpaired) electrons. The second-order valence-electron chi connectivity index (χ2n) is 3.30. The Labute approximate surface area is 102 Å². The fraction of sp³-hybridized carbons (Fsp3) is 0.273. The smallest absolute Gasteiger partial charge is 0.377 e. The zero-order valence-corrected chi connectivity index (χ0v) is 9.87. The lowest BCUT2D eigenvalue weighted by Crippen LogP contribution is -2.19. The van der Waals surface area contributed by atoms with Gasteiger partial charge in [0.15, 0.2) is 11.5 Å². The van der Waals surface area contributed by atoms with Crippen LogP contribution in [0.25, 0.3) is 0 Å². The Balaban J connectivity index is 2.54. The van der Waals surface area contributed by atoms with Crippen molar-refractivity contribution in [3.05, 3.63) is 17.7 Å². The van der Waals surface area contributed by atoms with E-state index in [1.165, 1.54) is 17.8 Å². The normalized spacial score (nSPS) is 13.2. The molecule has 0 unspecified atom stereocenters. The van der Waals surface area contributed by atoms with E-state index < -0.39 is 11.8 Å². The zero-order valence-electron chi connectivity index (χ0n) is 9.06. The van der Waals surface area contributed by atoms with Crippen molar-refractivity contribution >= 4 is 23.5 Å². The van der Waals surface area contributed by atoms with E-state index in [1.807, 2.05) is 0 Å². The topological polar surface area (TPSA) is 72.8 Å². The molecular weight excluding hydrogens is 244 g/mol. The van der Waals surface area contributed by atoms with Crippen molar-refractivity contribution in [2.75, 3.05) is 19.5 Å². The minimum atomic E-state index is -1.48. The van der Waals surface area contributed by atoms with Gasteiger partial charge in [0.25, 0.3) is 5.78 Å². The summed E-state index contributed by atoms with van der Waals surface area (Å²) < 4.78 is 10.8. The zero-order chi connectivity index (χ0) is 12.4. The van der Waals surface area contributed by atoms with Crippen LogP contribution in [0.4, 0.5) is 0 Å². The molecule has 0 fully saturated rings. The first-order chi connectivity index (χ1) is 8.15. The van der Waals surface area contributed by atoms with Crippen LogP contribution in [0.1, 0.15) is 10.4 Å². The maximum absolute atomic E-state index is 11.5. The number of hydrogen-bond acceptors (Lipinski definition) is 5. The average Bonchev–Trinajstić information content (AvgIpc) is 2.36. The number of thioether (sulfide) groups is 1. The first-order valence-corrected chi connectivity index (χ1v) is 6.12. The van der Waals surface area contributed by atoms with Crippen molar-refractivity contribution in [2.24, 2.45) is 0 Å². The maximum Gasteiger partial charge on any atom is 0.377 e. The molecule has 6 heteroatoms. The lowest BCUT2D eigenvalue weighted by atomic mass is 10.1. The first-order valence-electron chi connectivity index (χ1n) is 4.89. The molecule has 0 amide bonds. The predicted octanol–water partition coefficient (Wildman–Crippen LogP) is 1.45. The number of hydrogen-bond donors (Lipinski definition) is 1. The van der Waals surface area contributed by atoms with Gasteiger partial charge in [-0.15, -0.1) is 11.8 Å². The molecule has 5 nitrogen and oxygen atoms in total. The van der Waals surface area contributed by atoms with E-state index >= 15 is 0 Å². The van der Waals surface area contributed by atoms with Crippen molar-refractivity contribution in [3.8, 4) is 11.5 Å². The molecule has 1 heterocycles. The van der Waals surface area contributed by atoms with Crippen molar-refractivity contribution in [3.63, 3.8) is 0 Å². The van der Waals surface area contributed by atoms with Gasteiger partial charge in [0.1, 0.15) is 13.2 Å². The molecule has 0 spiro atoms. The standard InChI is InChI=1S/C11H10O5S/c1-17-10-6(8(12)11(13)14)2-3-7-9(10)16-5-4-15-7/h2-3H,4-5H2,1H3,(H,13,14). The highest BCUT2D eigenvalue weighted by atomic mass is 32.2. The Kier molecular flexibility index (Phi) is 3.23. The third-order valence-electron chi connectivity index (χ3n) is 2.31. The fourth-order valence-electron chi connectivity index (χ4n) is 1.59. The van der Waals surface area contributed by atoms with Gasteiger partial charge >= 0.3 is 5.97 Å². The van der Waals surface area contributed by atoms with Crippen LogP contribution in [0.3, 0.4) is 0 Å². The SMILES string of the molecule is CSc1c(C(=O)C(=O)O)ccc2c1OCCO2. The molecule has 1 aliphatic rings. The third kappa shape index (κ3) is 2.08. The molecule has 2 rings (SSSR count). The van der Waals surface area contributed by atoms with E-state index in [0.29, 0.717) is 29.6 Å². The summed E-state index contributed by atoms with van der Waals surface area (Å²) in [7, 11) is 0. The number of carboxylic acid groups (broad SMARTS) is 1. The van der Waals surface area contributed by atoms with E-state index in [-0.39, 0.29) is 5.56 Å². The molecule has 17 heavy (non-hydrogen) atoms. The van der Waals surface area contributed by atoms with Gasteiger partial charge in [0, 0.05) is 5.56 Å². The molecule has 0 saturated heterocycles. The Hall–Kier alpha value is -1.69. The van der Waals surface area contributed by atoms with Crippen LogP contribution in [0.15, 0.2) is 17.0 Å². The van der Waals surface area contributed by atoms with Gasteiger partial charge in [-0.05, 0) is 18.4 Å². The molecule has 0 aliphatic carbocycles. The van der Waals surface area contributed by atoms with Crippen LogP contribution in [0, 0.1) is 0 Å². The fourth-order valence-corrected chi connectivity index (χ4v) is 2.31. The van der Waals surface area contributed by atoms with Crippen LogP contribution >= 0.6 is 11.8 Å². The second-order valence-corrected chi connectivity index (χ2v) is 4.12. The van der Waals surface area contributed by atoms with Crippen molar-refractivity contribution in [1.29, 1.82) is 0 Å². The number of Topliss-reactive ketones (excluding diaryl/α,β-unsaturated/α-hetero) is 1. The lowest BCUT2D eigenvalue weighted by molar-refractivity contribution is -0.131. The molecule has 1 aromatic carbocycles. The van der Waals surface area contributed by atoms with E-state index in [9.17, 15) is 9.59 Å². The summed E-state index contributed by atoms with van der Waals surface area (Å²) >= 11 is 1.27. The quantitative estimate of drug-likeness (QED) is 0.500. The molecule has 90 valence electrons. The Morgan fingerprint density at radius 3 is 2.65 bits per heavy atom. The lowest BCUT2D eigenvalue weighted by Gasteiger charge is -2.21. The van der Waals surface area contributed by atoms with Crippen LogP contribution in [-0.2, 0) is 4.79 Å². The molecular formula is C11H10O5S. The van der Waals surface area contributed by atoms with E-state index in [2.05, 4.69) is 0 Å². The molecule has 0 aromatic heterocycles. The van der Waals surface area contributed by atoms with Crippen molar-refractivity contribution in [2.45, 2.75) is 4.90 Å². The molecule has 0 bridgehead atoms. The van der Waals surface area contributed by atoms with Gasteiger partial charge in [-0.3, -0.25) is 4.79 Å². The van der Waals surface area contributed by atoms with Crippen LogP contribution < -0.4 is 9.47 Å². The van der Waals surface area contributed by atoms with Crippen LogP contribution in [-0.4, -0.2) is 36.3 Å². The minimum absolute atomic E-state index is 0.134. The molecule has 1 aliphatic heterocycles. The number of rotatable bonds is 3. The number of ether oxygens (including phenoxy) is 2. The summed E-state index contributed by atoms with van der Waals surface area (Å²) in [5.74, 6) is -1.42. The molecule has 1 aromatic rings. The number of carbonyl (C=O) groups excluding carboxylic acids is 1. The average molecular weight is 254 g/mol. The predicted molar refractivity (Wildman–Crippen MR) is 61.2 cm³/mol. The summed E-state index contributed by atoms with van der Waals surface area (Å²) in [5, 5.41) is 8.73. The number of benzene rings is 1.